The van der Waals surface area contributed by atoms with Crippen LogP contribution in [-0.2, 0) is 5.41 Å². The van der Waals surface area contributed by atoms with Crippen molar-refractivity contribution in [3.63, 3.8) is 0 Å². The fraction of sp³-hybridized carbons (Fsp3) is 0.400. The summed E-state index contributed by atoms with van der Waals surface area (Å²) < 4.78 is 0. The minimum Gasteiger partial charge on any atom is -0.383 e. The normalized spacial score (nSPS) is 13.6. The van der Waals surface area contributed by atoms with E-state index in [2.05, 4.69) is 37.9 Å². The summed E-state index contributed by atoms with van der Waals surface area (Å²) in [6.07, 6.45) is 1.19. The number of nitrogens with zero attached hydrogens (tertiary/aromatic N) is 1. The van der Waals surface area contributed by atoms with Crippen LogP contribution in [-0.4, -0.2) is 10.1 Å². The molecule has 2 rings (SSSR count). The van der Waals surface area contributed by atoms with E-state index in [4.69, 9.17) is 0 Å². The van der Waals surface area contributed by atoms with Gasteiger partial charge in [0, 0.05) is 6.20 Å². The number of thiazole rings is 1. The maximum Gasteiger partial charge on any atom is 0.115 e. The molecule has 0 spiro atoms. The molecule has 0 saturated carbocycles. The predicted molar refractivity (Wildman–Crippen MR) is 76.1 cm³/mol. The average molecular weight is 261 g/mol. The Morgan fingerprint density at radius 3 is 2.22 bits per heavy atom. The Kier molecular flexibility index (Phi) is 3.55. The van der Waals surface area contributed by atoms with E-state index in [0.29, 0.717) is 0 Å². The summed E-state index contributed by atoms with van der Waals surface area (Å²) in [5.41, 5.74) is 2.34. The van der Waals surface area contributed by atoms with Crippen molar-refractivity contribution in [1.82, 2.24) is 4.98 Å². The van der Waals surface area contributed by atoms with Gasteiger partial charge in [-0.25, -0.2) is 4.98 Å². The third-order valence-corrected chi connectivity index (χ3v) is 3.97. The summed E-state index contributed by atoms with van der Waals surface area (Å²) in [7, 11) is 0. The average Bonchev–Trinajstić information content (AvgIpc) is 2.74. The highest BCUT2D eigenvalue weighted by Gasteiger charge is 2.16. The van der Waals surface area contributed by atoms with Gasteiger partial charge < -0.3 is 5.11 Å². The summed E-state index contributed by atoms with van der Waals surface area (Å²) in [5, 5.41) is 11.3. The maximum absolute atomic E-state index is 10.3. The molecular weight excluding hydrogens is 242 g/mol. The highest BCUT2D eigenvalue weighted by atomic mass is 32.1. The molecule has 1 unspecified atom stereocenters. The Hall–Kier alpha value is -1.19. The lowest BCUT2D eigenvalue weighted by Crippen LogP contribution is -2.11. The minimum atomic E-state index is -0.565. The Balaban J connectivity index is 2.24. The van der Waals surface area contributed by atoms with Crippen LogP contribution in [0.1, 0.15) is 47.9 Å². The van der Waals surface area contributed by atoms with E-state index >= 15 is 0 Å². The van der Waals surface area contributed by atoms with Gasteiger partial charge in [0.25, 0.3) is 0 Å². The standard InChI is InChI=1S/C15H19NOS/c1-10-16-9-13(18-10)14(17)11-5-7-12(8-6-11)15(2,3)4/h5-9,14,17H,1-4H3. The lowest BCUT2D eigenvalue weighted by molar-refractivity contribution is 0.224. The zero-order valence-corrected chi connectivity index (χ0v) is 12.1. The molecule has 1 heterocycles. The molecule has 2 nitrogen and oxygen atoms in total. The van der Waals surface area contributed by atoms with Crippen LogP contribution in [0.3, 0.4) is 0 Å². The van der Waals surface area contributed by atoms with Crippen molar-refractivity contribution in [1.29, 1.82) is 0 Å². The number of benzene rings is 1. The SMILES string of the molecule is Cc1ncc(C(O)c2ccc(C(C)(C)C)cc2)s1. The molecule has 0 fully saturated rings. The van der Waals surface area contributed by atoms with Crippen LogP contribution in [0.5, 0.6) is 0 Å². The first-order valence-electron chi connectivity index (χ1n) is 6.09. The molecule has 1 atom stereocenters. The first-order chi connectivity index (χ1) is 8.38. The fourth-order valence-electron chi connectivity index (χ4n) is 1.83. The van der Waals surface area contributed by atoms with E-state index in [-0.39, 0.29) is 5.41 Å². The first-order valence-corrected chi connectivity index (χ1v) is 6.90. The van der Waals surface area contributed by atoms with Crippen molar-refractivity contribution in [2.45, 2.75) is 39.2 Å². The molecule has 1 aromatic heterocycles. The quantitative estimate of drug-likeness (QED) is 0.891. The van der Waals surface area contributed by atoms with Gasteiger partial charge in [-0.2, -0.15) is 0 Å². The van der Waals surface area contributed by atoms with Crippen molar-refractivity contribution >= 4 is 11.3 Å². The largest absolute Gasteiger partial charge is 0.383 e. The van der Waals surface area contributed by atoms with E-state index in [1.165, 1.54) is 16.9 Å². The van der Waals surface area contributed by atoms with Gasteiger partial charge in [0.05, 0.1) is 9.88 Å². The molecule has 0 amide bonds. The molecule has 96 valence electrons. The van der Waals surface area contributed by atoms with E-state index in [1.807, 2.05) is 19.1 Å². The summed E-state index contributed by atoms with van der Waals surface area (Å²) in [5.74, 6) is 0. The number of rotatable bonds is 2. The van der Waals surface area contributed by atoms with Crippen molar-refractivity contribution in [2.75, 3.05) is 0 Å². The molecule has 0 aliphatic rings. The lowest BCUT2D eigenvalue weighted by Gasteiger charge is -2.19. The predicted octanol–water partition coefficient (Wildman–Crippen LogP) is 3.83. The lowest BCUT2D eigenvalue weighted by atomic mass is 9.86. The molecule has 1 N–H and O–H groups in total. The first kappa shape index (κ1) is 13.2. The molecule has 2 aromatic rings. The second-order valence-electron chi connectivity index (χ2n) is 5.56. The molecule has 0 bridgehead atoms. The second-order valence-corrected chi connectivity index (χ2v) is 6.82. The monoisotopic (exact) mass is 261 g/mol. The molecule has 18 heavy (non-hydrogen) atoms. The fourth-order valence-corrected chi connectivity index (χ4v) is 2.63. The minimum absolute atomic E-state index is 0.143. The molecule has 0 aliphatic carbocycles. The highest BCUT2D eigenvalue weighted by molar-refractivity contribution is 7.11. The number of aryl methyl sites for hydroxylation is 1. The number of hydrogen-bond donors (Lipinski definition) is 1. The third-order valence-electron chi connectivity index (χ3n) is 3.00. The van der Waals surface area contributed by atoms with Crippen LogP contribution < -0.4 is 0 Å². The van der Waals surface area contributed by atoms with Gasteiger partial charge in [-0.15, -0.1) is 11.3 Å². The number of hydrogen-bond acceptors (Lipinski definition) is 3. The van der Waals surface area contributed by atoms with Gasteiger partial charge in [-0.05, 0) is 23.5 Å². The molecular formula is C15H19NOS. The zero-order valence-electron chi connectivity index (χ0n) is 11.3. The molecule has 0 radical (unpaired) electrons. The van der Waals surface area contributed by atoms with Gasteiger partial charge in [-0.3, -0.25) is 0 Å². The van der Waals surface area contributed by atoms with Crippen LogP contribution in [0.2, 0.25) is 0 Å². The van der Waals surface area contributed by atoms with Crippen LogP contribution in [0.25, 0.3) is 0 Å². The van der Waals surface area contributed by atoms with Crippen LogP contribution >= 0.6 is 11.3 Å². The highest BCUT2D eigenvalue weighted by Crippen LogP contribution is 2.29. The Morgan fingerprint density at radius 1 is 1.17 bits per heavy atom. The summed E-state index contributed by atoms with van der Waals surface area (Å²) in [6.45, 7) is 8.50. The van der Waals surface area contributed by atoms with Gasteiger partial charge in [0.15, 0.2) is 0 Å². The van der Waals surface area contributed by atoms with Crippen molar-refractivity contribution < 1.29 is 5.11 Å². The Bertz CT molecular complexity index is 522. The molecule has 0 aliphatic heterocycles. The van der Waals surface area contributed by atoms with E-state index in [1.54, 1.807) is 6.20 Å². The van der Waals surface area contributed by atoms with Gasteiger partial charge in [-0.1, -0.05) is 45.0 Å². The number of aromatic nitrogens is 1. The summed E-state index contributed by atoms with van der Waals surface area (Å²) in [4.78, 5) is 5.08. The third kappa shape index (κ3) is 2.79. The Labute approximate surface area is 112 Å². The van der Waals surface area contributed by atoms with Gasteiger partial charge >= 0.3 is 0 Å². The van der Waals surface area contributed by atoms with Crippen LogP contribution in [0.4, 0.5) is 0 Å². The van der Waals surface area contributed by atoms with Gasteiger partial charge in [0.1, 0.15) is 6.10 Å². The van der Waals surface area contributed by atoms with E-state index in [0.717, 1.165) is 15.4 Å². The zero-order chi connectivity index (χ0) is 13.3. The number of aliphatic hydroxyl groups is 1. The molecule has 0 saturated heterocycles. The Morgan fingerprint density at radius 2 is 1.78 bits per heavy atom. The summed E-state index contributed by atoms with van der Waals surface area (Å²) >= 11 is 1.54. The smallest absolute Gasteiger partial charge is 0.115 e. The van der Waals surface area contributed by atoms with Gasteiger partial charge in [0.2, 0.25) is 0 Å². The molecule has 3 heteroatoms. The van der Waals surface area contributed by atoms with E-state index < -0.39 is 6.10 Å². The summed E-state index contributed by atoms with van der Waals surface area (Å²) in [6, 6.07) is 8.18. The van der Waals surface area contributed by atoms with Crippen molar-refractivity contribution in [3.05, 3.63) is 51.5 Å². The maximum atomic E-state index is 10.3. The van der Waals surface area contributed by atoms with E-state index in [9.17, 15) is 5.11 Å². The van der Waals surface area contributed by atoms with Crippen molar-refractivity contribution in [2.24, 2.45) is 0 Å². The number of aliphatic hydroxyl groups excluding tert-OH is 1. The van der Waals surface area contributed by atoms with Crippen LogP contribution in [0.15, 0.2) is 30.5 Å². The van der Waals surface area contributed by atoms with Crippen LogP contribution in [0, 0.1) is 6.92 Å². The topological polar surface area (TPSA) is 33.1 Å². The second kappa shape index (κ2) is 4.82. The van der Waals surface area contributed by atoms with Crippen molar-refractivity contribution in [3.8, 4) is 0 Å². The molecule has 1 aromatic carbocycles.